The monoisotopic (exact) mass is 588 g/mol. The Hall–Kier alpha value is -1.37. The summed E-state index contributed by atoms with van der Waals surface area (Å²) < 4.78 is 27.0. The third-order valence-corrected chi connectivity index (χ3v) is 18.0. The predicted octanol–water partition coefficient (Wildman–Crippen LogP) is 6.67. The van der Waals surface area contributed by atoms with Crippen LogP contribution in [0.3, 0.4) is 0 Å². The minimum absolute atomic E-state index is 0.0834. The molecule has 2 aromatic rings. The van der Waals surface area contributed by atoms with E-state index < -0.39 is 53.3 Å². The molecular formula is C32H52O6Si2. The Kier molecular flexibility index (Phi) is 10.7. The second-order valence-electron chi connectivity index (χ2n) is 14.2. The summed E-state index contributed by atoms with van der Waals surface area (Å²) >= 11 is 0. The van der Waals surface area contributed by atoms with Gasteiger partial charge in [-0.05, 0) is 47.4 Å². The SMILES string of the molecule is CC(C)(C)[Si](C)(C)O[C@H]1[C@H](O[Si](C)(C)C(C)(C)C)[C@@H](OCc2ccccc2)[C@@H](O)[C@H](O)[C@@H]1OCc1ccccc1. The Balaban J connectivity index is 2.05. The van der Waals surface area contributed by atoms with E-state index in [0.29, 0.717) is 0 Å². The third-order valence-electron chi connectivity index (χ3n) is 9.04. The van der Waals surface area contributed by atoms with Crippen LogP contribution in [0.1, 0.15) is 52.7 Å². The van der Waals surface area contributed by atoms with E-state index in [9.17, 15) is 10.2 Å². The second kappa shape index (κ2) is 12.9. The molecule has 2 aromatic carbocycles. The first kappa shape index (κ1) is 33.1. The van der Waals surface area contributed by atoms with E-state index in [4.69, 9.17) is 18.3 Å². The maximum atomic E-state index is 11.6. The molecule has 0 unspecified atom stereocenters. The fraction of sp³-hybridized carbons (Fsp3) is 0.625. The van der Waals surface area contributed by atoms with Crippen molar-refractivity contribution in [2.24, 2.45) is 0 Å². The van der Waals surface area contributed by atoms with Crippen LogP contribution in [0.2, 0.25) is 36.3 Å². The molecule has 0 heterocycles. The van der Waals surface area contributed by atoms with Gasteiger partial charge in [-0.3, -0.25) is 0 Å². The molecule has 0 spiro atoms. The molecule has 2 N–H and O–H groups in total. The van der Waals surface area contributed by atoms with Gasteiger partial charge in [0.1, 0.15) is 36.6 Å². The fourth-order valence-corrected chi connectivity index (χ4v) is 6.98. The van der Waals surface area contributed by atoms with Crippen LogP contribution in [0, 0.1) is 0 Å². The van der Waals surface area contributed by atoms with E-state index in [-0.39, 0.29) is 23.3 Å². The van der Waals surface area contributed by atoms with Crippen LogP contribution in [0.15, 0.2) is 60.7 Å². The highest BCUT2D eigenvalue weighted by molar-refractivity contribution is 6.74. The first-order chi connectivity index (χ1) is 18.4. The van der Waals surface area contributed by atoms with Gasteiger partial charge in [0.2, 0.25) is 0 Å². The predicted molar refractivity (Wildman–Crippen MR) is 166 cm³/mol. The van der Waals surface area contributed by atoms with Gasteiger partial charge in [-0.2, -0.15) is 0 Å². The van der Waals surface area contributed by atoms with Crippen LogP contribution < -0.4 is 0 Å². The van der Waals surface area contributed by atoms with Gasteiger partial charge in [-0.1, -0.05) is 102 Å². The van der Waals surface area contributed by atoms with Gasteiger partial charge in [0.05, 0.1) is 13.2 Å². The van der Waals surface area contributed by atoms with Crippen LogP contribution >= 0.6 is 0 Å². The standard InChI is InChI=1S/C32H52O6Si2/c1-31(2,3)39(7,8)37-29-27(35-21-23-17-13-11-14-18-23)25(33)26(34)28(36-22-24-19-15-12-16-20-24)30(29)38-40(9,10)32(4,5)6/h11-20,25-30,33-34H,21-22H2,1-10H3/t25-,26-,27-,28-,29+,30+/m0/s1. The summed E-state index contributed by atoms with van der Waals surface area (Å²) in [5.41, 5.74) is 1.97. The number of ether oxygens (including phenoxy) is 2. The molecule has 1 aliphatic rings. The average Bonchev–Trinajstić information content (AvgIpc) is 2.86. The number of hydrogen-bond donors (Lipinski definition) is 2. The first-order valence-corrected chi connectivity index (χ1v) is 20.3. The minimum atomic E-state index is -2.37. The minimum Gasteiger partial charge on any atom is -0.408 e. The summed E-state index contributed by atoms with van der Waals surface area (Å²) in [7, 11) is -4.73. The Morgan fingerprint density at radius 3 is 1.12 bits per heavy atom. The Labute approximate surface area is 244 Å². The molecule has 0 radical (unpaired) electrons. The third kappa shape index (κ3) is 7.92. The topological polar surface area (TPSA) is 77.4 Å². The van der Waals surface area contributed by atoms with E-state index in [1.165, 1.54) is 0 Å². The quantitative estimate of drug-likeness (QED) is 0.302. The summed E-state index contributed by atoms with van der Waals surface area (Å²) in [5.74, 6) is 0. The van der Waals surface area contributed by atoms with Crippen LogP contribution in [0.5, 0.6) is 0 Å². The zero-order chi connectivity index (χ0) is 29.9. The molecule has 40 heavy (non-hydrogen) atoms. The zero-order valence-corrected chi connectivity index (χ0v) is 28.2. The number of hydrogen-bond acceptors (Lipinski definition) is 6. The molecule has 0 aliphatic heterocycles. The first-order valence-electron chi connectivity index (χ1n) is 14.5. The van der Waals surface area contributed by atoms with Crippen molar-refractivity contribution in [1.29, 1.82) is 0 Å². The highest BCUT2D eigenvalue weighted by atomic mass is 28.4. The molecule has 224 valence electrons. The number of aliphatic hydroxyl groups is 2. The molecule has 1 aliphatic carbocycles. The van der Waals surface area contributed by atoms with Crippen molar-refractivity contribution in [3.63, 3.8) is 0 Å². The molecule has 1 fully saturated rings. The lowest BCUT2D eigenvalue weighted by Crippen LogP contribution is -2.70. The highest BCUT2D eigenvalue weighted by Crippen LogP contribution is 2.44. The molecule has 1 saturated carbocycles. The van der Waals surface area contributed by atoms with Gasteiger partial charge in [-0.15, -0.1) is 0 Å². The molecule has 3 rings (SSSR count). The van der Waals surface area contributed by atoms with E-state index in [2.05, 4.69) is 67.7 Å². The average molecular weight is 589 g/mol. The zero-order valence-electron chi connectivity index (χ0n) is 26.2. The van der Waals surface area contributed by atoms with Crippen LogP contribution in [0.4, 0.5) is 0 Å². The molecule has 0 aromatic heterocycles. The maximum Gasteiger partial charge on any atom is 0.192 e. The summed E-state index contributed by atoms with van der Waals surface area (Å²) in [5, 5.41) is 23.0. The Morgan fingerprint density at radius 1 is 0.550 bits per heavy atom. The molecule has 6 nitrogen and oxygen atoms in total. The van der Waals surface area contributed by atoms with Gasteiger partial charge in [0.25, 0.3) is 0 Å². The molecule has 0 saturated heterocycles. The number of aliphatic hydroxyl groups excluding tert-OH is 2. The molecule has 8 heteroatoms. The summed E-state index contributed by atoms with van der Waals surface area (Å²) in [6.07, 6.45) is -5.26. The highest BCUT2D eigenvalue weighted by Gasteiger charge is 2.57. The van der Waals surface area contributed by atoms with E-state index >= 15 is 0 Å². The van der Waals surface area contributed by atoms with Crippen LogP contribution in [0.25, 0.3) is 0 Å². The van der Waals surface area contributed by atoms with Crippen molar-refractivity contribution in [3.8, 4) is 0 Å². The van der Waals surface area contributed by atoms with Crippen molar-refractivity contribution >= 4 is 16.6 Å². The van der Waals surface area contributed by atoms with E-state index in [1.54, 1.807) is 0 Å². The van der Waals surface area contributed by atoms with Crippen LogP contribution in [-0.2, 0) is 31.5 Å². The summed E-state index contributed by atoms with van der Waals surface area (Å²) in [6.45, 7) is 22.5. The largest absolute Gasteiger partial charge is 0.408 e. The second-order valence-corrected chi connectivity index (χ2v) is 23.7. The fourth-order valence-electron chi connectivity index (χ4n) is 4.37. The van der Waals surface area contributed by atoms with Crippen molar-refractivity contribution in [2.45, 2.75) is 128 Å². The molecule has 6 atom stereocenters. The van der Waals surface area contributed by atoms with Crippen LogP contribution in [-0.4, -0.2) is 63.5 Å². The van der Waals surface area contributed by atoms with E-state index in [1.807, 2.05) is 60.7 Å². The summed E-state index contributed by atoms with van der Waals surface area (Å²) in [6, 6.07) is 19.7. The van der Waals surface area contributed by atoms with E-state index in [0.717, 1.165) is 11.1 Å². The lowest BCUT2D eigenvalue weighted by molar-refractivity contribution is -0.243. The maximum absolute atomic E-state index is 11.6. The Morgan fingerprint density at radius 2 is 0.850 bits per heavy atom. The van der Waals surface area contributed by atoms with Crippen molar-refractivity contribution in [3.05, 3.63) is 71.8 Å². The van der Waals surface area contributed by atoms with Gasteiger partial charge in [0.15, 0.2) is 16.6 Å². The van der Waals surface area contributed by atoms with Crippen molar-refractivity contribution in [2.75, 3.05) is 0 Å². The van der Waals surface area contributed by atoms with Gasteiger partial charge >= 0.3 is 0 Å². The smallest absolute Gasteiger partial charge is 0.192 e. The van der Waals surface area contributed by atoms with Gasteiger partial charge in [-0.25, -0.2) is 0 Å². The lowest BCUT2D eigenvalue weighted by atomic mass is 9.84. The Bertz CT molecular complexity index is 963. The lowest BCUT2D eigenvalue weighted by Gasteiger charge is -2.53. The molecule has 0 amide bonds. The number of benzene rings is 2. The van der Waals surface area contributed by atoms with Gasteiger partial charge < -0.3 is 28.5 Å². The molecule has 0 bridgehead atoms. The number of rotatable bonds is 10. The van der Waals surface area contributed by atoms with Crippen molar-refractivity contribution in [1.82, 2.24) is 0 Å². The van der Waals surface area contributed by atoms with Crippen molar-refractivity contribution < 1.29 is 28.5 Å². The normalized spacial score (nSPS) is 26.6. The van der Waals surface area contributed by atoms with Gasteiger partial charge in [0, 0.05) is 0 Å². The molecular weight excluding hydrogens is 537 g/mol. The summed E-state index contributed by atoms with van der Waals surface area (Å²) in [4.78, 5) is 0.